The van der Waals surface area contributed by atoms with Gasteiger partial charge in [-0.05, 0) is 0 Å². The standard InChI is InChI=1S/C4H10N2O3S/c1-2-10(7,8)9-6-4-3-5/h2,6H,1,3-5H2. The minimum Gasteiger partial charge on any atom is -0.329 e. The van der Waals surface area contributed by atoms with Gasteiger partial charge in [0.25, 0.3) is 0 Å². The van der Waals surface area contributed by atoms with Crippen molar-refractivity contribution < 1.29 is 12.7 Å². The third-order valence-electron chi connectivity index (χ3n) is 0.626. The van der Waals surface area contributed by atoms with Gasteiger partial charge >= 0.3 is 10.1 Å². The molecule has 0 aromatic heterocycles. The van der Waals surface area contributed by atoms with E-state index in [4.69, 9.17) is 5.73 Å². The van der Waals surface area contributed by atoms with E-state index in [1.165, 1.54) is 0 Å². The molecule has 0 bridgehead atoms. The number of nitrogens with two attached hydrogens (primary N) is 1. The van der Waals surface area contributed by atoms with Crippen LogP contribution in [0.5, 0.6) is 0 Å². The van der Waals surface area contributed by atoms with Gasteiger partial charge in [0.15, 0.2) is 0 Å². The van der Waals surface area contributed by atoms with E-state index in [0.29, 0.717) is 12.0 Å². The second-order valence-corrected chi connectivity index (χ2v) is 2.91. The molecule has 0 aliphatic heterocycles. The summed E-state index contributed by atoms with van der Waals surface area (Å²) in [5, 5.41) is 0.705. The third kappa shape index (κ3) is 4.45. The first-order valence-corrected chi connectivity index (χ1v) is 4.08. The number of rotatable bonds is 5. The van der Waals surface area contributed by atoms with Crippen LogP contribution < -0.4 is 11.2 Å². The molecule has 0 fully saturated rings. The van der Waals surface area contributed by atoms with Gasteiger partial charge < -0.3 is 5.73 Å². The fraction of sp³-hybridized carbons (Fsp3) is 0.500. The van der Waals surface area contributed by atoms with Gasteiger partial charge in [-0.3, -0.25) is 0 Å². The highest BCUT2D eigenvalue weighted by Gasteiger charge is 2.01. The predicted octanol–water partition coefficient (Wildman–Crippen LogP) is -1.06. The van der Waals surface area contributed by atoms with Crippen molar-refractivity contribution in [2.75, 3.05) is 13.1 Å². The molecule has 0 saturated carbocycles. The zero-order chi connectivity index (χ0) is 8.04. The van der Waals surface area contributed by atoms with Crippen LogP contribution in [0.15, 0.2) is 12.0 Å². The molecule has 0 aromatic rings. The van der Waals surface area contributed by atoms with Gasteiger partial charge in [-0.2, -0.15) is 18.2 Å². The summed E-state index contributed by atoms with van der Waals surface area (Å²) in [6.07, 6.45) is 0. The molecular formula is C4H10N2O3S. The van der Waals surface area contributed by atoms with Crippen molar-refractivity contribution in [2.24, 2.45) is 5.73 Å². The van der Waals surface area contributed by atoms with Crippen LogP contribution in [0.25, 0.3) is 0 Å². The Morgan fingerprint density at radius 1 is 1.70 bits per heavy atom. The number of hydrogen-bond acceptors (Lipinski definition) is 5. The van der Waals surface area contributed by atoms with E-state index in [1.54, 1.807) is 0 Å². The van der Waals surface area contributed by atoms with Crippen LogP contribution in [0.2, 0.25) is 0 Å². The molecule has 0 heterocycles. The minimum absolute atomic E-state index is 0.285. The molecule has 0 aliphatic carbocycles. The average Bonchev–Trinajstić information content (AvgIpc) is 1.89. The van der Waals surface area contributed by atoms with Crippen LogP contribution >= 0.6 is 0 Å². The van der Waals surface area contributed by atoms with Gasteiger partial charge in [-0.1, -0.05) is 6.58 Å². The summed E-state index contributed by atoms with van der Waals surface area (Å²) in [7, 11) is -3.59. The number of hydroxylamine groups is 1. The zero-order valence-corrected chi connectivity index (χ0v) is 6.23. The fourth-order valence-corrected chi connectivity index (χ4v) is 0.532. The lowest BCUT2D eigenvalue weighted by Crippen LogP contribution is -2.24. The molecule has 0 amide bonds. The van der Waals surface area contributed by atoms with Crippen LogP contribution in [0.1, 0.15) is 0 Å². The molecule has 3 N–H and O–H groups in total. The normalized spacial score (nSPS) is 11.3. The highest BCUT2D eigenvalue weighted by Crippen LogP contribution is 1.87. The summed E-state index contributed by atoms with van der Waals surface area (Å²) < 4.78 is 25.0. The molecule has 0 aromatic carbocycles. The Morgan fingerprint density at radius 2 is 2.30 bits per heavy atom. The van der Waals surface area contributed by atoms with E-state index in [-0.39, 0.29) is 6.54 Å². The number of hydrogen-bond donors (Lipinski definition) is 2. The Labute approximate surface area is 59.9 Å². The Balaban J connectivity index is 3.59. The lowest BCUT2D eigenvalue weighted by molar-refractivity contribution is 0.211. The summed E-state index contributed by atoms with van der Waals surface area (Å²) >= 11 is 0. The van der Waals surface area contributed by atoms with Crippen LogP contribution in [0, 0.1) is 0 Å². The van der Waals surface area contributed by atoms with Crippen LogP contribution in [-0.4, -0.2) is 21.5 Å². The molecule has 0 atom stereocenters. The fourth-order valence-electron chi connectivity index (χ4n) is 0.217. The molecule has 0 rings (SSSR count). The predicted molar refractivity (Wildman–Crippen MR) is 37.3 cm³/mol. The number of nitrogens with one attached hydrogen (secondary N) is 1. The largest absolute Gasteiger partial charge is 0.329 e. The van der Waals surface area contributed by atoms with Crippen molar-refractivity contribution in [2.45, 2.75) is 0 Å². The Kier molecular flexibility index (Phi) is 4.21. The Hall–Kier alpha value is -0.430. The lowest BCUT2D eigenvalue weighted by Gasteiger charge is -1.99. The van der Waals surface area contributed by atoms with Crippen molar-refractivity contribution in [1.82, 2.24) is 5.48 Å². The van der Waals surface area contributed by atoms with E-state index < -0.39 is 10.1 Å². The summed E-state index contributed by atoms with van der Waals surface area (Å²) in [6.45, 7) is 3.62. The first-order chi connectivity index (χ1) is 4.62. The first kappa shape index (κ1) is 9.57. The van der Waals surface area contributed by atoms with Crippen molar-refractivity contribution in [3.05, 3.63) is 12.0 Å². The molecule has 0 spiro atoms. The molecule has 0 aliphatic rings. The third-order valence-corrected chi connectivity index (χ3v) is 1.38. The minimum atomic E-state index is -3.59. The quantitative estimate of drug-likeness (QED) is 0.402. The molecule has 60 valence electrons. The van der Waals surface area contributed by atoms with Gasteiger partial charge in [0, 0.05) is 13.1 Å². The van der Waals surface area contributed by atoms with Crippen molar-refractivity contribution >= 4 is 10.1 Å². The topological polar surface area (TPSA) is 81.4 Å². The molecule has 6 heteroatoms. The summed E-state index contributed by atoms with van der Waals surface area (Å²) in [5.74, 6) is 0. The maximum Gasteiger partial charge on any atom is 0.305 e. The van der Waals surface area contributed by atoms with E-state index in [0.717, 1.165) is 0 Å². The van der Waals surface area contributed by atoms with E-state index in [2.05, 4.69) is 16.3 Å². The second kappa shape index (κ2) is 4.40. The van der Waals surface area contributed by atoms with Crippen LogP contribution in [-0.2, 0) is 14.4 Å². The second-order valence-electron chi connectivity index (χ2n) is 1.43. The highest BCUT2D eigenvalue weighted by molar-refractivity contribution is 7.89. The monoisotopic (exact) mass is 166 g/mol. The SMILES string of the molecule is C=CS(=O)(=O)ONCCN. The summed E-state index contributed by atoms with van der Waals surface area (Å²) in [4.78, 5) is 0. The lowest BCUT2D eigenvalue weighted by atomic mass is 10.7. The summed E-state index contributed by atoms with van der Waals surface area (Å²) in [6, 6.07) is 0. The van der Waals surface area contributed by atoms with Crippen molar-refractivity contribution in [1.29, 1.82) is 0 Å². The Morgan fingerprint density at radius 3 is 2.70 bits per heavy atom. The van der Waals surface area contributed by atoms with Gasteiger partial charge in [0.2, 0.25) is 0 Å². The highest BCUT2D eigenvalue weighted by atomic mass is 32.2. The van der Waals surface area contributed by atoms with Crippen molar-refractivity contribution in [3.8, 4) is 0 Å². The maximum absolute atomic E-state index is 10.4. The molecule has 5 nitrogen and oxygen atoms in total. The summed E-state index contributed by atoms with van der Waals surface area (Å²) in [5.41, 5.74) is 7.18. The van der Waals surface area contributed by atoms with Gasteiger partial charge in [0.1, 0.15) is 0 Å². The molecule has 0 saturated heterocycles. The molecule has 0 unspecified atom stereocenters. The van der Waals surface area contributed by atoms with Crippen LogP contribution in [0.3, 0.4) is 0 Å². The molecule has 10 heavy (non-hydrogen) atoms. The first-order valence-electron chi connectivity index (χ1n) is 2.61. The van der Waals surface area contributed by atoms with E-state index in [9.17, 15) is 8.42 Å². The van der Waals surface area contributed by atoms with Gasteiger partial charge in [-0.25, -0.2) is 0 Å². The molecule has 0 radical (unpaired) electrons. The van der Waals surface area contributed by atoms with Gasteiger partial charge in [-0.15, -0.1) is 0 Å². The average molecular weight is 166 g/mol. The van der Waals surface area contributed by atoms with Crippen molar-refractivity contribution in [3.63, 3.8) is 0 Å². The molecular weight excluding hydrogens is 156 g/mol. The zero-order valence-electron chi connectivity index (χ0n) is 5.41. The maximum atomic E-state index is 10.4. The Bertz CT molecular complexity index is 187. The smallest absolute Gasteiger partial charge is 0.305 e. The van der Waals surface area contributed by atoms with E-state index in [1.807, 2.05) is 0 Å². The van der Waals surface area contributed by atoms with Crippen LogP contribution in [0.4, 0.5) is 0 Å². The van der Waals surface area contributed by atoms with Gasteiger partial charge in [0.05, 0.1) is 5.41 Å². The van der Waals surface area contributed by atoms with E-state index >= 15 is 0 Å².